The minimum Gasteiger partial charge on any atom is -0.462 e. The zero-order chi connectivity index (χ0) is 13.1. The van der Waals surface area contributed by atoms with Gasteiger partial charge in [0.15, 0.2) is 10.8 Å². The molecule has 3 aromatic heterocycles. The Kier molecular flexibility index (Phi) is 3.03. The molecule has 1 amide bonds. The molecule has 0 bridgehead atoms. The summed E-state index contributed by atoms with van der Waals surface area (Å²) >= 11 is 1.24. The van der Waals surface area contributed by atoms with Crippen LogP contribution in [0, 0.1) is 0 Å². The second-order valence-electron chi connectivity index (χ2n) is 3.56. The van der Waals surface area contributed by atoms with Gasteiger partial charge in [-0.15, -0.1) is 10.2 Å². The highest BCUT2D eigenvalue weighted by Gasteiger charge is 2.12. The Bertz CT molecular complexity index is 679. The van der Waals surface area contributed by atoms with Crippen molar-refractivity contribution in [2.45, 2.75) is 0 Å². The lowest BCUT2D eigenvalue weighted by atomic mass is 10.3. The van der Waals surface area contributed by atoms with E-state index in [1.165, 1.54) is 11.3 Å². The molecule has 94 valence electrons. The zero-order valence-electron chi connectivity index (χ0n) is 9.61. The van der Waals surface area contributed by atoms with Crippen LogP contribution in [0.15, 0.2) is 47.2 Å². The number of hydrogen-bond acceptors (Lipinski definition) is 6. The third-order valence-electron chi connectivity index (χ3n) is 2.27. The molecular weight excluding hydrogens is 264 g/mol. The maximum Gasteiger partial charge on any atom is 0.276 e. The molecule has 0 atom stereocenters. The Labute approximate surface area is 112 Å². The van der Waals surface area contributed by atoms with Crippen LogP contribution < -0.4 is 5.32 Å². The number of carbonyl (C=O) groups excluding carboxylic acids is 1. The predicted molar refractivity (Wildman–Crippen MR) is 69.8 cm³/mol. The van der Waals surface area contributed by atoms with Gasteiger partial charge >= 0.3 is 0 Å². The molecule has 0 saturated heterocycles. The SMILES string of the molecule is O=C(Nc1nnc(-c2ccco2)s1)c1ccccn1. The molecule has 19 heavy (non-hydrogen) atoms. The van der Waals surface area contributed by atoms with Crippen molar-refractivity contribution >= 4 is 22.4 Å². The Morgan fingerprint density at radius 3 is 2.89 bits per heavy atom. The van der Waals surface area contributed by atoms with E-state index in [-0.39, 0.29) is 5.91 Å². The minimum absolute atomic E-state index is 0.317. The smallest absolute Gasteiger partial charge is 0.276 e. The van der Waals surface area contributed by atoms with Crippen molar-refractivity contribution < 1.29 is 9.21 Å². The van der Waals surface area contributed by atoms with Crippen molar-refractivity contribution in [2.24, 2.45) is 0 Å². The fourth-order valence-corrected chi connectivity index (χ4v) is 2.14. The molecule has 0 unspecified atom stereocenters. The van der Waals surface area contributed by atoms with Crippen molar-refractivity contribution in [3.8, 4) is 10.8 Å². The number of furan rings is 1. The molecule has 0 aliphatic carbocycles. The molecule has 3 rings (SSSR count). The van der Waals surface area contributed by atoms with Crippen LogP contribution in [0.3, 0.4) is 0 Å². The summed E-state index contributed by atoms with van der Waals surface area (Å²) in [6, 6.07) is 8.67. The summed E-state index contributed by atoms with van der Waals surface area (Å²) in [6.07, 6.45) is 3.12. The molecule has 3 heterocycles. The van der Waals surface area contributed by atoms with Crippen LogP contribution in [0.5, 0.6) is 0 Å². The van der Waals surface area contributed by atoms with E-state index in [9.17, 15) is 4.79 Å². The third-order valence-corrected chi connectivity index (χ3v) is 3.13. The molecule has 0 radical (unpaired) electrons. The van der Waals surface area contributed by atoms with E-state index in [1.54, 1.807) is 42.8 Å². The quantitative estimate of drug-likeness (QED) is 0.792. The Balaban J connectivity index is 1.76. The van der Waals surface area contributed by atoms with Crippen molar-refractivity contribution in [1.29, 1.82) is 0 Å². The van der Waals surface area contributed by atoms with E-state index in [1.807, 2.05) is 0 Å². The zero-order valence-corrected chi connectivity index (χ0v) is 10.4. The number of nitrogens with one attached hydrogen (secondary N) is 1. The number of rotatable bonds is 3. The van der Waals surface area contributed by atoms with E-state index in [2.05, 4.69) is 20.5 Å². The minimum atomic E-state index is -0.317. The summed E-state index contributed by atoms with van der Waals surface area (Å²) in [5.74, 6) is 0.304. The van der Waals surface area contributed by atoms with Gasteiger partial charge in [-0.2, -0.15) is 0 Å². The number of anilines is 1. The summed E-state index contributed by atoms with van der Waals surface area (Å²) < 4.78 is 5.21. The molecule has 3 aromatic rings. The molecule has 0 aliphatic heterocycles. The summed E-state index contributed by atoms with van der Waals surface area (Å²) in [6.45, 7) is 0. The topological polar surface area (TPSA) is 80.9 Å². The average molecular weight is 272 g/mol. The number of amides is 1. The number of carbonyl (C=O) groups is 1. The van der Waals surface area contributed by atoms with E-state index in [0.717, 1.165) is 0 Å². The highest BCUT2D eigenvalue weighted by Crippen LogP contribution is 2.26. The lowest BCUT2D eigenvalue weighted by Crippen LogP contribution is -2.13. The summed E-state index contributed by atoms with van der Waals surface area (Å²) in [5.41, 5.74) is 0.331. The van der Waals surface area contributed by atoms with Crippen LogP contribution in [-0.2, 0) is 0 Å². The second-order valence-corrected chi connectivity index (χ2v) is 4.54. The van der Waals surface area contributed by atoms with Gasteiger partial charge in [-0.3, -0.25) is 15.1 Å². The van der Waals surface area contributed by atoms with Gasteiger partial charge in [0.05, 0.1) is 6.26 Å². The highest BCUT2D eigenvalue weighted by molar-refractivity contribution is 7.18. The molecule has 7 heteroatoms. The van der Waals surface area contributed by atoms with Gasteiger partial charge in [0.25, 0.3) is 5.91 Å². The molecule has 1 N–H and O–H groups in total. The van der Waals surface area contributed by atoms with Crippen LogP contribution in [0.25, 0.3) is 10.8 Å². The first-order valence-corrected chi connectivity index (χ1v) is 6.24. The first kappa shape index (κ1) is 11.5. The maximum absolute atomic E-state index is 11.9. The van der Waals surface area contributed by atoms with Crippen molar-refractivity contribution in [2.75, 3.05) is 5.32 Å². The van der Waals surface area contributed by atoms with Crippen molar-refractivity contribution in [1.82, 2.24) is 15.2 Å². The number of hydrogen-bond donors (Lipinski definition) is 1. The van der Waals surface area contributed by atoms with Gasteiger partial charge in [0.2, 0.25) is 5.13 Å². The fourth-order valence-electron chi connectivity index (χ4n) is 1.43. The van der Waals surface area contributed by atoms with E-state index in [4.69, 9.17) is 4.42 Å². The maximum atomic E-state index is 11.9. The van der Waals surface area contributed by atoms with Crippen LogP contribution in [0.4, 0.5) is 5.13 Å². The van der Waals surface area contributed by atoms with Gasteiger partial charge in [-0.1, -0.05) is 17.4 Å². The molecule has 0 aromatic carbocycles. The van der Waals surface area contributed by atoms with Crippen molar-refractivity contribution in [3.05, 3.63) is 48.5 Å². The first-order valence-electron chi connectivity index (χ1n) is 5.43. The van der Waals surface area contributed by atoms with Gasteiger partial charge < -0.3 is 4.42 Å². The van der Waals surface area contributed by atoms with Crippen LogP contribution in [0.1, 0.15) is 10.5 Å². The molecule has 0 fully saturated rings. The molecule has 0 saturated carbocycles. The molecule has 0 aliphatic rings. The first-order chi connectivity index (χ1) is 9.33. The van der Waals surface area contributed by atoms with Crippen LogP contribution in [-0.4, -0.2) is 21.1 Å². The van der Waals surface area contributed by atoms with Gasteiger partial charge in [0.1, 0.15) is 5.69 Å². The Morgan fingerprint density at radius 1 is 1.21 bits per heavy atom. The average Bonchev–Trinajstić information content (AvgIpc) is 3.10. The summed E-state index contributed by atoms with van der Waals surface area (Å²) in [7, 11) is 0. The molecular formula is C12H8N4O2S. The molecule has 0 spiro atoms. The lowest BCUT2D eigenvalue weighted by Gasteiger charge is -1.98. The van der Waals surface area contributed by atoms with E-state index < -0.39 is 0 Å². The van der Waals surface area contributed by atoms with Gasteiger partial charge in [-0.25, -0.2) is 0 Å². The number of pyridine rings is 1. The number of nitrogens with zero attached hydrogens (tertiary/aromatic N) is 3. The molecule has 6 nitrogen and oxygen atoms in total. The number of aromatic nitrogens is 3. The monoisotopic (exact) mass is 272 g/mol. The Hall–Kier alpha value is -2.54. The largest absolute Gasteiger partial charge is 0.462 e. The highest BCUT2D eigenvalue weighted by atomic mass is 32.1. The lowest BCUT2D eigenvalue weighted by molar-refractivity contribution is 0.102. The summed E-state index contributed by atoms with van der Waals surface area (Å²) in [5, 5.41) is 11.5. The van der Waals surface area contributed by atoms with Gasteiger partial charge in [0, 0.05) is 6.20 Å². The van der Waals surface area contributed by atoms with Crippen LogP contribution in [0.2, 0.25) is 0 Å². The van der Waals surface area contributed by atoms with Crippen molar-refractivity contribution in [3.63, 3.8) is 0 Å². The Morgan fingerprint density at radius 2 is 2.16 bits per heavy atom. The normalized spacial score (nSPS) is 10.3. The summed E-state index contributed by atoms with van der Waals surface area (Å²) in [4.78, 5) is 15.8. The van der Waals surface area contributed by atoms with E-state index >= 15 is 0 Å². The second kappa shape index (κ2) is 4.99. The third kappa shape index (κ3) is 2.50. The van der Waals surface area contributed by atoms with Crippen LogP contribution >= 0.6 is 11.3 Å². The van der Waals surface area contributed by atoms with E-state index in [0.29, 0.717) is 21.6 Å². The predicted octanol–water partition coefficient (Wildman–Crippen LogP) is 2.45. The standard InChI is InChI=1S/C12H8N4O2S/c17-10(8-4-1-2-6-13-8)14-12-16-15-11(19-12)9-5-3-7-18-9/h1-7H,(H,14,16,17). The fraction of sp³-hybridized carbons (Fsp3) is 0. The van der Waals surface area contributed by atoms with Gasteiger partial charge in [-0.05, 0) is 24.3 Å².